The van der Waals surface area contributed by atoms with Gasteiger partial charge in [0.25, 0.3) is 23.6 Å². The van der Waals surface area contributed by atoms with Gasteiger partial charge in [-0.3, -0.25) is 19.3 Å². The smallest absolute Gasteiger partial charge is 0.277 e. The van der Waals surface area contributed by atoms with Gasteiger partial charge in [0.2, 0.25) is 0 Å². The Morgan fingerprint density at radius 2 is 2.04 bits per heavy atom. The average molecular weight is 367 g/mol. The number of carbonyl (C=O) groups excluding carboxylic acids is 3. The van der Waals surface area contributed by atoms with E-state index in [1.54, 1.807) is 0 Å². The fourth-order valence-electron chi connectivity index (χ4n) is 2.97. The molecule has 7 nitrogen and oxygen atoms in total. The minimum Gasteiger partial charge on any atom is -0.376 e. The molecule has 3 rings (SSSR count). The lowest BCUT2D eigenvalue weighted by molar-refractivity contribution is 0.0118. The van der Waals surface area contributed by atoms with Crippen LogP contribution in [-0.2, 0) is 4.74 Å². The maximum absolute atomic E-state index is 13.1. The van der Waals surface area contributed by atoms with Crippen molar-refractivity contribution in [2.75, 3.05) is 26.2 Å². The number of halogens is 2. The quantitative estimate of drug-likeness (QED) is 0.724. The van der Waals surface area contributed by atoms with Gasteiger partial charge in [-0.05, 0) is 31.0 Å². The number of alkyl halides is 2. The Bertz CT molecular complexity index is 748. The molecule has 26 heavy (non-hydrogen) atoms. The lowest BCUT2D eigenvalue weighted by atomic mass is 10.1. The van der Waals surface area contributed by atoms with E-state index in [1.165, 1.54) is 18.2 Å². The van der Waals surface area contributed by atoms with E-state index in [1.807, 2.05) is 0 Å². The molecule has 0 aliphatic carbocycles. The third-order valence-electron chi connectivity index (χ3n) is 4.45. The topological polar surface area (TPSA) is 102 Å². The number of carbonyl (C=O) groups is 3. The molecule has 1 fully saturated rings. The minimum atomic E-state index is -3.21. The van der Waals surface area contributed by atoms with Crippen LogP contribution in [0.3, 0.4) is 0 Å². The maximum atomic E-state index is 13.1. The number of imide groups is 1. The maximum Gasteiger partial charge on any atom is 0.277 e. The van der Waals surface area contributed by atoms with Gasteiger partial charge >= 0.3 is 0 Å². The highest BCUT2D eigenvalue weighted by Crippen LogP contribution is 2.26. The van der Waals surface area contributed by atoms with Gasteiger partial charge in [0, 0.05) is 12.2 Å². The number of nitrogens with one attached hydrogen (secondary N) is 1. The van der Waals surface area contributed by atoms with Gasteiger partial charge in [0.15, 0.2) is 0 Å². The lowest BCUT2D eigenvalue weighted by Gasteiger charge is -2.17. The zero-order valence-corrected chi connectivity index (χ0v) is 14.0. The summed E-state index contributed by atoms with van der Waals surface area (Å²) in [5.74, 6) is -4.93. The van der Waals surface area contributed by atoms with Crippen LogP contribution in [-0.4, -0.2) is 60.9 Å². The van der Waals surface area contributed by atoms with E-state index in [0.717, 1.165) is 17.7 Å². The second-order valence-corrected chi connectivity index (χ2v) is 6.36. The van der Waals surface area contributed by atoms with E-state index in [4.69, 9.17) is 10.5 Å². The summed E-state index contributed by atoms with van der Waals surface area (Å²) >= 11 is 0. The molecule has 140 valence electrons. The van der Waals surface area contributed by atoms with Crippen molar-refractivity contribution in [2.24, 2.45) is 5.73 Å². The fourth-order valence-corrected chi connectivity index (χ4v) is 2.97. The number of amides is 3. The molecule has 2 heterocycles. The van der Waals surface area contributed by atoms with Crippen LogP contribution in [0.25, 0.3) is 0 Å². The Labute approximate surface area is 148 Å². The Kier molecular flexibility index (Phi) is 5.01. The lowest BCUT2D eigenvalue weighted by Crippen LogP contribution is -2.41. The molecule has 2 aliphatic heterocycles. The number of hydrogen-bond donors (Lipinski definition) is 2. The summed E-state index contributed by atoms with van der Waals surface area (Å²) < 4.78 is 31.8. The number of nitrogens with two attached hydrogens (primary N) is 1. The summed E-state index contributed by atoms with van der Waals surface area (Å²) in [6.45, 7) is -1.03. The molecule has 0 radical (unpaired) electrons. The molecule has 1 aromatic carbocycles. The summed E-state index contributed by atoms with van der Waals surface area (Å²) in [6.07, 6.45) is 1.47. The van der Waals surface area contributed by atoms with Gasteiger partial charge in [-0.25, -0.2) is 8.78 Å². The molecule has 1 unspecified atom stereocenters. The Morgan fingerprint density at radius 3 is 2.69 bits per heavy atom. The number of fused-ring (bicyclic) bond motifs is 1. The summed E-state index contributed by atoms with van der Waals surface area (Å²) in [5, 5.41) is 2.08. The zero-order valence-electron chi connectivity index (χ0n) is 14.0. The monoisotopic (exact) mass is 367 g/mol. The standard InChI is InChI=1S/C17H19F2N3O4/c18-17(19,8-20)9-21-14(23)10-3-4-12-13(6-10)16(25)22(15(12)24)7-11-2-1-5-26-11/h3-4,6,11H,1-2,5,7-9,20H2,(H,21,23). The molecule has 0 aromatic heterocycles. The summed E-state index contributed by atoms with van der Waals surface area (Å²) in [4.78, 5) is 38.1. The Morgan fingerprint density at radius 1 is 1.31 bits per heavy atom. The third kappa shape index (κ3) is 3.58. The van der Waals surface area contributed by atoms with Crippen molar-refractivity contribution < 1.29 is 27.9 Å². The largest absolute Gasteiger partial charge is 0.376 e. The number of ether oxygens (including phenoxy) is 1. The van der Waals surface area contributed by atoms with Gasteiger partial charge in [0.1, 0.15) is 0 Å². The second-order valence-electron chi connectivity index (χ2n) is 6.36. The van der Waals surface area contributed by atoms with Crippen LogP contribution >= 0.6 is 0 Å². The average Bonchev–Trinajstić information content (AvgIpc) is 3.23. The van der Waals surface area contributed by atoms with Crippen molar-refractivity contribution in [1.82, 2.24) is 10.2 Å². The molecule has 1 atom stereocenters. The van der Waals surface area contributed by atoms with Crippen LogP contribution in [0.2, 0.25) is 0 Å². The van der Waals surface area contributed by atoms with Gasteiger partial charge in [0.05, 0.1) is 36.9 Å². The number of hydrogen-bond acceptors (Lipinski definition) is 5. The highest BCUT2D eigenvalue weighted by atomic mass is 19.3. The number of benzene rings is 1. The molecule has 0 saturated carbocycles. The van der Waals surface area contributed by atoms with Gasteiger partial charge in [-0.15, -0.1) is 0 Å². The van der Waals surface area contributed by atoms with E-state index in [9.17, 15) is 23.2 Å². The minimum absolute atomic E-state index is 0.0247. The fraction of sp³-hybridized carbons (Fsp3) is 0.471. The van der Waals surface area contributed by atoms with E-state index in [0.29, 0.717) is 6.61 Å². The van der Waals surface area contributed by atoms with Crippen LogP contribution in [0.15, 0.2) is 18.2 Å². The highest BCUT2D eigenvalue weighted by molar-refractivity contribution is 6.22. The first kappa shape index (κ1) is 18.4. The van der Waals surface area contributed by atoms with E-state index in [2.05, 4.69) is 5.32 Å². The Hall–Kier alpha value is -2.39. The molecule has 0 spiro atoms. The summed E-state index contributed by atoms with van der Waals surface area (Å²) in [5.41, 5.74) is 5.23. The predicted octanol–water partition coefficient (Wildman–Crippen LogP) is 0.785. The van der Waals surface area contributed by atoms with Gasteiger partial charge < -0.3 is 15.8 Å². The van der Waals surface area contributed by atoms with Crippen LogP contribution in [0.1, 0.15) is 43.9 Å². The first-order chi connectivity index (χ1) is 12.3. The molecule has 3 N–H and O–H groups in total. The van der Waals surface area contributed by atoms with Crippen LogP contribution in [0.5, 0.6) is 0 Å². The molecule has 3 amide bonds. The van der Waals surface area contributed by atoms with Crippen molar-refractivity contribution in [2.45, 2.75) is 24.9 Å². The predicted molar refractivity (Wildman–Crippen MR) is 87.1 cm³/mol. The van der Waals surface area contributed by atoms with E-state index < -0.39 is 36.7 Å². The van der Waals surface area contributed by atoms with Crippen molar-refractivity contribution in [3.05, 3.63) is 34.9 Å². The van der Waals surface area contributed by atoms with Crippen molar-refractivity contribution >= 4 is 17.7 Å². The van der Waals surface area contributed by atoms with E-state index >= 15 is 0 Å². The summed E-state index contributed by atoms with van der Waals surface area (Å²) in [6, 6.07) is 3.94. The molecule has 0 bridgehead atoms. The van der Waals surface area contributed by atoms with E-state index in [-0.39, 0.29) is 29.3 Å². The summed E-state index contributed by atoms with van der Waals surface area (Å²) in [7, 11) is 0. The van der Waals surface area contributed by atoms with Gasteiger partial charge in [-0.2, -0.15) is 0 Å². The Balaban J connectivity index is 1.73. The molecule has 9 heteroatoms. The van der Waals surface area contributed by atoms with Crippen LogP contribution in [0, 0.1) is 0 Å². The van der Waals surface area contributed by atoms with Crippen molar-refractivity contribution in [1.29, 1.82) is 0 Å². The van der Waals surface area contributed by atoms with Crippen molar-refractivity contribution in [3.8, 4) is 0 Å². The third-order valence-corrected chi connectivity index (χ3v) is 4.45. The molecule has 1 aromatic rings. The van der Waals surface area contributed by atoms with Crippen LogP contribution in [0.4, 0.5) is 8.78 Å². The number of rotatable bonds is 6. The highest BCUT2D eigenvalue weighted by Gasteiger charge is 2.38. The molecule has 2 aliphatic rings. The normalized spacial score (nSPS) is 19.8. The molecule has 1 saturated heterocycles. The molecular formula is C17H19F2N3O4. The SMILES string of the molecule is NCC(F)(F)CNC(=O)c1ccc2c(c1)C(=O)N(CC1CCCO1)C2=O. The second kappa shape index (κ2) is 7.08. The molecular weight excluding hydrogens is 348 g/mol. The number of nitrogens with zero attached hydrogens (tertiary/aromatic N) is 1. The first-order valence-corrected chi connectivity index (χ1v) is 8.30. The van der Waals surface area contributed by atoms with Crippen molar-refractivity contribution in [3.63, 3.8) is 0 Å². The first-order valence-electron chi connectivity index (χ1n) is 8.30. The zero-order chi connectivity index (χ0) is 18.9. The van der Waals surface area contributed by atoms with Gasteiger partial charge in [-0.1, -0.05) is 0 Å². The van der Waals surface area contributed by atoms with Crippen LogP contribution < -0.4 is 11.1 Å².